The third-order valence-corrected chi connectivity index (χ3v) is 2.42. The number of methoxy groups -OCH3 is 1. The molecule has 0 fully saturated rings. The van der Waals surface area contributed by atoms with E-state index in [4.69, 9.17) is 4.74 Å². The van der Waals surface area contributed by atoms with Gasteiger partial charge in [-0.05, 0) is 31.5 Å². The number of aryl methyl sites for hydroxylation is 1. The molecule has 0 radical (unpaired) electrons. The highest BCUT2D eigenvalue weighted by molar-refractivity contribution is 9.10. The van der Waals surface area contributed by atoms with Crippen LogP contribution >= 0.6 is 15.9 Å². The quantitative estimate of drug-likeness (QED) is 0.832. The number of hydrogen-bond donors (Lipinski definition) is 0. The fourth-order valence-electron chi connectivity index (χ4n) is 1.49. The van der Waals surface area contributed by atoms with E-state index in [9.17, 15) is 4.79 Å². The molecule has 0 N–H and O–H groups in total. The van der Waals surface area contributed by atoms with Crippen molar-refractivity contribution in [2.24, 2.45) is 0 Å². The summed E-state index contributed by atoms with van der Waals surface area (Å²) in [6.45, 7) is 3.54. The van der Waals surface area contributed by atoms with E-state index >= 15 is 0 Å². The van der Waals surface area contributed by atoms with Crippen LogP contribution in [-0.4, -0.2) is 12.9 Å². The maximum atomic E-state index is 11.0. The molecule has 0 aromatic heterocycles. The number of Topliss-reactive ketones (excluding diaryl/α,β-unsaturated/α-hetero) is 1. The second-order valence-electron chi connectivity index (χ2n) is 3.29. The van der Waals surface area contributed by atoms with E-state index in [1.54, 1.807) is 14.0 Å². The molecule has 0 saturated heterocycles. The van der Waals surface area contributed by atoms with E-state index in [0.29, 0.717) is 6.42 Å². The Labute approximate surface area is 92.4 Å². The largest absolute Gasteiger partial charge is 0.496 e. The lowest BCUT2D eigenvalue weighted by atomic mass is 10.1. The molecule has 3 heteroatoms. The zero-order valence-electron chi connectivity index (χ0n) is 8.56. The number of rotatable bonds is 3. The predicted octanol–water partition coefficient (Wildman–Crippen LogP) is 2.90. The van der Waals surface area contributed by atoms with Gasteiger partial charge in [0.2, 0.25) is 0 Å². The lowest BCUT2D eigenvalue weighted by Gasteiger charge is -2.10. The molecule has 14 heavy (non-hydrogen) atoms. The summed E-state index contributed by atoms with van der Waals surface area (Å²) in [4.78, 5) is 11.0. The van der Waals surface area contributed by atoms with Gasteiger partial charge in [-0.2, -0.15) is 0 Å². The SMILES string of the molecule is COc1c(C)cc(Br)cc1CC(C)=O. The average Bonchev–Trinajstić information content (AvgIpc) is 2.01. The molecule has 1 rings (SSSR count). The van der Waals surface area contributed by atoms with Crippen molar-refractivity contribution in [2.75, 3.05) is 7.11 Å². The van der Waals surface area contributed by atoms with Crippen LogP contribution in [0.25, 0.3) is 0 Å². The molecule has 0 amide bonds. The summed E-state index contributed by atoms with van der Waals surface area (Å²) in [6.07, 6.45) is 0.420. The van der Waals surface area contributed by atoms with Gasteiger partial charge in [0, 0.05) is 16.5 Å². The van der Waals surface area contributed by atoms with Gasteiger partial charge < -0.3 is 4.74 Å². The molecule has 76 valence electrons. The maximum Gasteiger partial charge on any atom is 0.134 e. The van der Waals surface area contributed by atoms with Crippen molar-refractivity contribution in [1.82, 2.24) is 0 Å². The molecule has 0 aliphatic carbocycles. The Hall–Kier alpha value is -0.830. The van der Waals surface area contributed by atoms with Gasteiger partial charge in [0.15, 0.2) is 0 Å². The van der Waals surface area contributed by atoms with Crippen molar-refractivity contribution in [2.45, 2.75) is 20.3 Å². The summed E-state index contributed by atoms with van der Waals surface area (Å²) in [5, 5.41) is 0. The van der Waals surface area contributed by atoms with Crippen molar-refractivity contribution in [1.29, 1.82) is 0 Å². The Morgan fingerprint density at radius 2 is 2.14 bits per heavy atom. The summed E-state index contributed by atoms with van der Waals surface area (Å²) >= 11 is 3.40. The Morgan fingerprint density at radius 3 is 2.64 bits per heavy atom. The second-order valence-corrected chi connectivity index (χ2v) is 4.21. The second kappa shape index (κ2) is 4.60. The standard InChI is InChI=1S/C11H13BrO2/c1-7-4-10(12)6-9(5-8(2)13)11(7)14-3/h4,6H,5H2,1-3H3. The summed E-state index contributed by atoms with van der Waals surface area (Å²) < 4.78 is 6.24. The number of hydrogen-bond acceptors (Lipinski definition) is 2. The summed E-state index contributed by atoms with van der Waals surface area (Å²) in [6, 6.07) is 3.90. The molecule has 1 aromatic carbocycles. The third kappa shape index (κ3) is 2.58. The van der Waals surface area contributed by atoms with Crippen LogP contribution in [0.5, 0.6) is 5.75 Å². The van der Waals surface area contributed by atoms with Gasteiger partial charge in [-0.25, -0.2) is 0 Å². The molecule has 0 bridgehead atoms. The zero-order chi connectivity index (χ0) is 10.7. The minimum absolute atomic E-state index is 0.140. The normalized spacial score (nSPS) is 10.0. The van der Waals surface area contributed by atoms with Crippen LogP contribution in [0.3, 0.4) is 0 Å². The van der Waals surface area contributed by atoms with Crippen molar-refractivity contribution < 1.29 is 9.53 Å². The molecule has 1 aromatic rings. The molecule has 2 nitrogen and oxygen atoms in total. The fraction of sp³-hybridized carbons (Fsp3) is 0.364. The van der Waals surface area contributed by atoms with Crippen LogP contribution in [0.2, 0.25) is 0 Å². The molecule has 0 spiro atoms. The number of ketones is 1. The summed E-state index contributed by atoms with van der Waals surface area (Å²) in [5.41, 5.74) is 1.98. The molecular formula is C11H13BrO2. The summed E-state index contributed by atoms with van der Waals surface area (Å²) in [5.74, 6) is 0.948. The molecule has 0 atom stereocenters. The van der Waals surface area contributed by atoms with E-state index in [-0.39, 0.29) is 5.78 Å². The van der Waals surface area contributed by atoms with E-state index in [0.717, 1.165) is 21.3 Å². The lowest BCUT2D eigenvalue weighted by molar-refractivity contribution is -0.116. The summed E-state index contributed by atoms with van der Waals surface area (Å²) in [7, 11) is 1.62. The highest BCUT2D eigenvalue weighted by Crippen LogP contribution is 2.28. The molecule has 0 aliphatic rings. The van der Waals surface area contributed by atoms with Gasteiger partial charge in [-0.1, -0.05) is 15.9 Å². The van der Waals surface area contributed by atoms with Crippen molar-refractivity contribution >= 4 is 21.7 Å². The predicted molar refractivity (Wildman–Crippen MR) is 59.8 cm³/mol. The zero-order valence-corrected chi connectivity index (χ0v) is 10.1. The Bertz CT molecular complexity index is 359. The van der Waals surface area contributed by atoms with E-state index in [1.165, 1.54) is 0 Å². The Morgan fingerprint density at radius 1 is 1.50 bits per heavy atom. The van der Waals surface area contributed by atoms with Crippen molar-refractivity contribution in [3.63, 3.8) is 0 Å². The van der Waals surface area contributed by atoms with Gasteiger partial charge >= 0.3 is 0 Å². The molecule has 0 heterocycles. The highest BCUT2D eigenvalue weighted by atomic mass is 79.9. The lowest BCUT2D eigenvalue weighted by Crippen LogP contribution is -2.01. The molecule has 0 saturated carbocycles. The van der Waals surface area contributed by atoms with Crippen LogP contribution in [0, 0.1) is 6.92 Å². The monoisotopic (exact) mass is 256 g/mol. The minimum Gasteiger partial charge on any atom is -0.496 e. The number of carbonyl (C=O) groups excluding carboxylic acids is 1. The van der Waals surface area contributed by atoms with Crippen molar-refractivity contribution in [3.05, 3.63) is 27.7 Å². The van der Waals surface area contributed by atoms with Crippen LogP contribution in [0.1, 0.15) is 18.1 Å². The van der Waals surface area contributed by atoms with E-state index in [2.05, 4.69) is 15.9 Å². The van der Waals surface area contributed by atoms with Crippen molar-refractivity contribution in [3.8, 4) is 5.75 Å². The number of ether oxygens (including phenoxy) is 1. The van der Waals surface area contributed by atoms with Crippen LogP contribution in [-0.2, 0) is 11.2 Å². The van der Waals surface area contributed by atoms with Crippen LogP contribution in [0.4, 0.5) is 0 Å². The first-order valence-corrected chi connectivity index (χ1v) is 5.16. The first-order chi connectivity index (χ1) is 6.54. The van der Waals surface area contributed by atoms with Gasteiger partial charge in [0.25, 0.3) is 0 Å². The Balaban J connectivity index is 3.17. The number of halogens is 1. The minimum atomic E-state index is 0.140. The molecular weight excluding hydrogens is 244 g/mol. The van der Waals surface area contributed by atoms with Gasteiger partial charge in [-0.3, -0.25) is 4.79 Å². The maximum absolute atomic E-state index is 11.0. The molecule has 0 unspecified atom stereocenters. The Kier molecular flexibility index (Phi) is 3.69. The van der Waals surface area contributed by atoms with Crippen LogP contribution < -0.4 is 4.74 Å². The first-order valence-electron chi connectivity index (χ1n) is 4.37. The number of benzene rings is 1. The average molecular weight is 257 g/mol. The fourth-order valence-corrected chi connectivity index (χ4v) is 2.11. The number of carbonyl (C=O) groups is 1. The van der Waals surface area contributed by atoms with Crippen LogP contribution in [0.15, 0.2) is 16.6 Å². The smallest absolute Gasteiger partial charge is 0.134 e. The van der Waals surface area contributed by atoms with Gasteiger partial charge in [0.05, 0.1) is 7.11 Å². The van der Waals surface area contributed by atoms with Gasteiger partial charge in [0.1, 0.15) is 11.5 Å². The topological polar surface area (TPSA) is 26.3 Å². The molecule has 0 aliphatic heterocycles. The van der Waals surface area contributed by atoms with E-state index < -0.39 is 0 Å². The van der Waals surface area contributed by atoms with Gasteiger partial charge in [-0.15, -0.1) is 0 Å². The third-order valence-electron chi connectivity index (χ3n) is 1.96. The van der Waals surface area contributed by atoms with E-state index in [1.807, 2.05) is 19.1 Å². The highest BCUT2D eigenvalue weighted by Gasteiger charge is 2.09. The first kappa shape index (κ1) is 11.2.